The molecule has 1 N–H and O–H groups in total. The van der Waals surface area contributed by atoms with Crippen molar-refractivity contribution in [1.29, 1.82) is 0 Å². The summed E-state index contributed by atoms with van der Waals surface area (Å²) in [7, 11) is -0.707. The number of aromatic nitrogens is 2. The summed E-state index contributed by atoms with van der Waals surface area (Å²) in [6, 6.07) is 9.88. The number of sulfonamides is 1. The maximum Gasteiger partial charge on any atom is 0.277 e. The predicted molar refractivity (Wildman–Crippen MR) is 117 cm³/mol. The molecular formula is C20H20N4O6S2. The highest BCUT2D eigenvalue weighted by molar-refractivity contribution is 7.99. The van der Waals surface area contributed by atoms with Gasteiger partial charge in [-0.3, -0.25) is 4.79 Å². The molecule has 10 nitrogen and oxygen atoms in total. The number of anilines is 1. The second-order valence-corrected chi connectivity index (χ2v) is 10.1. The molecule has 0 aliphatic carbocycles. The van der Waals surface area contributed by atoms with Crippen LogP contribution in [-0.2, 0) is 14.8 Å². The largest absolute Gasteiger partial charge is 0.454 e. The summed E-state index contributed by atoms with van der Waals surface area (Å²) in [6.45, 7) is 1.95. The Bertz CT molecular complexity index is 1270. The molecule has 168 valence electrons. The van der Waals surface area contributed by atoms with Gasteiger partial charge in [-0.1, -0.05) is 17.8 Å². The van der Waals surface area contributed by atoms with E-state index in [9.17, 15) is 13.2 Å². The average Bonchev–Trinajstić information content (AvgIpc) is 3.42. The maximum absolute atomic E-state index is 12.4. The van der Waals surface area contributed by atoms with Gasteiger partial charge >= 0.3 is 0 Å². The molecule has 2 heterocycles. The number of nitrogens with one attached hydrogen (secondary N) is 1. The first kappa shape index (κ1) is 22.1. The third-order valence-corrected chi connectivity index (χ3v) is 7.24. The minimum atomic E-state index is -3.61. The van der Waals surface area contributed by atoms with Gasteiger partial charge in [-0.2, -0.15) is 0 Å². The van der Waals surface area contributed by atoms with Crippen LogP contribution >= 0.6 is 11.8 Å². The normalized spacial score (nSPS) is 12.9. The number of fused-ring (bicyclic) bond motifs is 1. The van der Waals surface area contributed by atoms with Gasteiger partial charge in [0, 0.05) is 25.3 Å². The van der Waals surface area contributed by atoms with Crippen LogP contribution in [0.25, 0.3) is 11.5 Å². The molecule has 1 aromatic heterocycles. The molecule has 3 aromatic rings. The predicted octanol–water partition coefficient (Wildman–Crippen LogP) is 2.75. The molecule has 32 heavy (non-hydrogen) atoms. The van der Waals surface area contributed by atoms with Crippen LogP contribution < -0.4 is 14.8 Å². The number of ether oxygens (including phenoxy) is 2. The molecule has 0 saturated carbocycles. The smallest absolute Gasteiger partial charge is 0.277 e. The molecular weight excluding hydrogens is 456 g/mol. The topological polar surface area (TPSA) is 124 Å². The fourth-order valence-corrected chi connectivity index (χ4v) is 4.33. The maximum atomic E-state index is 12.4. The Morgan fingerprint density at radius 1 is 1.12 bits per heavy atom. The lowest BCUT2D eigenvalue weighted by Gasteiger charge is -2.14. The zero-order chi connectivity index (χ0) is 22.9. The summed E-state index contributed by atoms with van der Waals surface area (Å²) in [5, 5.41) is 10.9. The van der Waals surface area contributed by atoms with Crippen molar-refractivity contribution in [2.24, 2.45) is 0 Å². The fourth-order valence-electron chi connectivity index (χ4n) is 2.83. The quantitative estimate of drug-likeness (QED) is 0.513. The Kier molecular flexibility index (Phi) is 6.09. The lowest BCUT2D eigenvalue weighted by atomic mass is 10.2. The van der Waals surface area contributed by atoms with Crippen LogP contribution in [0, 0.1) is 6.92 Å². The Hall–Kier alpha value is -3.09. The zero-order valence-electron chi connectivity index (χ0n) is 17.5. The zero-order valence-corrected chi connectivity index (χ0v) is 19.1. The Balaban J connectivity index is 1.40. The minimum Gasteiger partial charge on any atom is -0.454 e. The van der Waals surface area contributed by atoms with Crippen LogP contribution in [0.3, 0.4) is 0 Å². The lowest BCUT2D eigenvalue weighted by molar-refractivity contribution is -0.113. The van der Waals surface area contributed by atoms with Crippen molar-refractivity contribution < 1.29 is 27.1 Å². The van der Waals surface area contributed by atoms with E-state index in [4.69, 9.17) is 13.9 Å². The molecule has 0 fully saturated rings. The first-order valence-electron chi connectivity index (χ1n) is 9.43. The van der Waals surface area contributed by atoms with Gasteiger partial charge in [0.1, 0.15) is 0 Å². The molecule has 0 spiro atoms. The third kappa shape index (κ3) is 4.56. The van der Waals surface area contributed by atoms with Gasteiger partial charge in [-0.05, 0) is 42.8 Å². The van der Waals surface area contributed by atoms with E-state index in [1.165, 1.54) is 26.2 Å². The molecule has 4 rings (SSSR count). The van der Waals surface area contributed by atoms with Crippen LogP contribution in [0.15, 0.2) is 50.9 Å². The third-order valence-electron chi connectivity index (χ3n) is 4.61. The monoisotopic (exact) mass is 476 g/mol. The molecule has 0 atom stereocenters. The Labute approximate surface area is 189 Å². The van der Waals surface area contributed by atoms with Crippen LogP contribution in [-0.4, -0.2) is 55.5 Å². The van der Waals surface area contributed by atoms with E-state index in [1.54, 1.807) is 31.2 Å². The highest BCUT2D eigenvalue weighted by Gasteiger charge is 2.20. The molecule has 2 aromatic carbocycles. The SMILES string of the molecule is Cc1ccc(S(=O)(=O)N(C)C)cc1NC(=O)CSc1nnc(-c2ccc3c(c2)OCO3)o1. The van der Waals surface area contributed by atoms with Crippen molar-refractivity contribution >= 4 is 33.4 Å². The summed E-state index contributed by atoms with van der Waals surface area (Å²) in [5.41, 5.74) is 1.83. The summed E-state index contributed by atoms with van der Waals surface area (Å²) in [6.07, 6.45) is 0. The van der Waals surface area contributed by atoms with Crippen molar-refractivity contribution in [3.8, 4) is 23.0 Å². The van der Waals surface area contributed by atoms with Crippen molar-refractivity contribution in [1.82, 2.24) is 14.5 Å². The second kappa shape index (κ2) is 8.81. The molecule has 0 radical (unpaired) electrons. The lowest BCUT2D eigenvalue weighted by Crippen LogP contribution is -2.22. The van der Waals surface area contributed by atoms with Crippen LogP contribution in [0.1, 0.15) is 5.56 Å². The highest BCUT2D eigenvalue weighted by Crippen LogP contribution is 2.36. The molecule has 1 amide bonds. The van der Waals surface area contributed by atoms with E-state index in [0.717, 1.165) is 21.6 Å². The van der Waals surface area contributed by atoms with E-state index in [0.29, 0.717) is 28.6 Å². The van der Waals surface area contributed by atoms with Crippen molar-refractivity contribution in [2.75, 3.05) is 32.0 Å². The highest BCUT2D eigenvalue weighted by atomic mass is 32.2. The van der Waals surface area contributed by atoms with Gasteiger partial charge in [0.05, 0.1) is 10.6 Å². The average molecular weight is 477 g/mol. The van der Waals surface area contributed by atoms with Crippen LogP contribution in [0.5, 0.6) is 11.5 Å². The van der Waals surface area contributed by atoms with Crippen molar-refractivity contribution in [3.05, 3.63) is 42.0 Å². The number of thioether (sulfide) groups is 1. The first-order valence-corrected chi connectivity index (χ1v) is 11.9. The minimum absolute atomic E-state index is 0.00682. The number of carbonyl (C=O) groups excluding carboxylic acids is 1. The fraction of sp³-hybridized carbons (Fsp3) is 0.250. The Morgan fingerprint density at radius 2 is 1.91 bits per heavy atom. The number of benzene rings is 2. The molecule has 0 saturated heterocycles. The van der Waals surface area contributed by atoms with Gasteiger partial charge in [-0.25, -0.2) is 12.7 Å². The van der Waals surface area contributed by atoms with E-state index in [1.807, 2.05) is 0 Å². The first-order chi connectivity index (χ1) is 15.2. The number of carbonyl (C=O) groups is 1. The van der Waals surface area contributed by atoms with Crippen LogP contribution in [0.2, 0.25) is 0 Å². The molecule has 12 heteroatoms. The Morgan fingerprint density at radius 3 is 2.69 bits per heavy atom. The summed E-state index contributed by atoms with van der Waals surface area (Å²) < 4.78 is 42.0. The second-order valence-electron chi connectivity index (χ2n) is 7.04. The van der Waals surface area contributed by atoms with E-state index >= 15 is 0 Å². The standard InChI is InChI=1S/C20H20N4O6S2/c1-12-4-6-14(32(26,27)24(2)3)9-15(12)21-18(25)10-31-20-23-22-19(30-20)13-5-7-16-17(8-13)29-11-28-16/h4-9H,10-11H2,1-3H3,(H,21,25). The molecule has 0 bridgehead atoms. The number of aryl methyl sites for hydroxylation is 1. The van der Waals surface area contributed by atoms with Gasteiger partial charge in [0.25, 0.3) is 5.22 Å². The summed E-state index contributed by atoms with van der Waals surface area (Å²) in [5.74, 6) is 1.22. The van der Waals surface area contributed by atoms with Crippen molar-refractivity contribution in [2.45, 2.75) is 17.0 Å². The van der Waals surface area contributed by atoms with E-state index in [-0.39, 0.29) is 28.6 Å². The summed E-state index contributed by atoms with van der Waals surface area (Å²) >= 11 is 1.07. The number of rotatable bonds is 7. The number of hydrogen-bond donors (Lipinski definition) is 1. The number of hydrogen-bond acceptors (Lipinski definition) is 9. The van der Waals surface area contributed by atoms with Crippen LogP contribution in [0.4, 0.5) is 5.69 Å². The van der Waals surface area contributed by atoms with E-state index in [2.05, 4.69) is 15.5 Å². The number of nitrogens with zero attached hydrogens (tertiary/aromatic N) is 3. The molecule has 0 unspecified atom stereocenters. The molecule has 1 aliphatic rings. The van der Waals surface area contributed by atoms with Crippen molar-refractivity contribution in [3.63, 3.8) is 0 Å². The van der Waals surface area contributed by atoms with Gasteiger partial charge in [0.2, 0.25) is 28.6 Å². The van der Waals surface area contributed by atoms with E-state index < -0.39 is 10.0 Å². The van der Waals surface area contributed by atoms with Gasteiger partial charge in [0.15, 0.2) is 11.5 Å². The van der Waals surface area contributed by atoms with Gasteiger partial charge in [-0.15, -0.1) is 10.2 Å². The van der Waals surface area contributed by atoms with Gasteiger partial charge < -0.3 is 19.2 Å². The summed E-state index contributed by atoms with van der Waals surface area (Å²) in [4.78, 5) is 12.5. The number of amides is 1. The molecule has 1 aliphatic heterocycles.